The van der Waals surface area contributed by atoms with Crippen LogP contribution in [0.5, 0.6) is 5.75 Å². The van der Waals surface area contributed by atoms with E-state index >= 15 is 0 Å². The molecule has 5 nitrogen and oxygen atoms in total. The van der Waals surface area contributed by atoms with Crippen molar-refractivity contribution in [3.63, 3.8) is 0 Å². The minimum Gasteiger partial charge on any atom is -0.489 e. The van der Waals surface area contributed by atoms with Gasteiger partial charge in [0.05, 0.1) is 17.7 Å². The molecule has 1 saturated heterocycles. The van der Waals surface area contributed by atoms with Gasteiger partial charge in [-0.1, -0.05) is 37.3 Å². The first-order valence-corrected chi connectivity index (χ1v) is 9.44. The highest BCUT2D eigenvalue weighted by molar-refractivity contribution is 6.04. The largest absolute Gasteiger partial charge is 0.489 e. The van der Waals surface area contributed by atoms with Gasteiger partial charge in [-0.25, -0.2) is 0 Å². The van der Waals surface area contributed by atoms with Gasteiger partial charge in [0.15, 0.2) is 0 Å². The molecule has 142 valence electrons. The van der Waals surface area contributed by atoms with E-state index in [0.717, 1.165) is 17.7 Å². The van der Waals surface area contributed by atoms with Crippen LogP contribution in [0, 0.1) is 5.92 Å². The third kappa shape index (κ3) is 4.30. The van der Waals surface area contributed by atoms with Crippen molar-refractivity contribution in [2.24, 2.45) is 5.92 Å². The molecule has 0 aromatic heterocycles. The van der Waals surface area contributed by atoms with Crippen LogP contribution in [0.4, 0.5) is 11.4 Å². The highest BCUT2D eigenvalue weighted by Crippen LogP contribution is 2.30. The zero-order valence-electron chi connectivity index (χ0n) is 16.1. The minimum absolute atomic E-state index is 0.0112. The van der Waals surface area contributed by atoms with Gasteiger partial charge < -0.3 is 15.0 Å². The maximum absolute atomic E-state index is 12.8. The van der Waals surface area contributed by atoms with Gasteiger partial charge in [0.1, 0.15) is 5.75 Å². The van der Waals surface area contributed by atoms with E-state index in [1.807, 2.05) is 62.4 Å². The summed E-state index contributed by atoms with van der Waals surface area (Å²) in [7, 11) is 0. The van der Waals surface area contributed by atoms with Crippen LogP contribution < -0.4 is 15.0 Å². The smallest absolute Gasteiger partial charge is 0.229 e. The molecule has 1 aliphatic rings. The Morgan fingerprint density at radius 2 is 1.89 bits per heavy atom. The fourth-order valence-electron chi connectivity index (χ4n) is 3.35. The summed E-state index contributed by atoms with van der Waals surface area (Å²) >= 11 is 0. The number of nitrogens with one attached hydrogen (secondary N) is 1. The summed E-state index contributed by atoms with van der Waals surface area (Å²) < 4.78 is 5.76. The molecule has 2 aromatic carbocycles. The molecule has 1 unspecified atom stereocenters. The normalized spacial score (nSPS) is 16.7. The average molecular weight is 366 g/mol. The molecule has 0 bridgehead atoms. The minimum atomic E-state index is -0.380. The van der Waals surface area contributed by atoms with Crippen molar-refractivity contribution in [1.82, 2.24) is 0 Å². The molecule has 3 rings (SSSR count). The predicted molar refractivity (Wildman–Crippen MR) is 107 cm³/mol. The summed E-state index contributed by atoms with van der Waals surface area (Å²) in [5.74, 6) is 0.0928. The Labute approximate surface area is 160 Å². The van der Waals surface area contributed by atoms with Gasteiger partial charge in [0.25, 0.3) is 0 Å². The Hall–Kier alpha value is -2.82. The maximum atomic E-state index is 12.8. The Balaban J connectivity index is 1.73. The lowest BCUT2D eigenvalue weighted by atomic mass is 10.1. The number of ether oxygens (including phenoxy) is 1. The molecule has 2 amide bonds. The number of carbonyl (C=O) groups excluding carboxylic acids is 2. The van der Waals surface area contributed by atoms with Gasteiger partial charge in [0, 0.05) is 18.7 Å². The lowest BCUT2D eigenvalue weighted by Gasteiger charge is -2.20. The number of hydrogen-bond donors (Lipinski definition) is 1. The number of rotatable bonds is 6. The molecule has 1 aliphatic heterocycles. The fraction of sp³-hybridized carbons (Fsp3) is 0.364. The topological polar surface area (TPSA) is 58.6 Å². The van der Waals surface area contributed by atoms with E-state index in [9.17, 15) is 9.59 Å². The predicted octanol–water partition coefficient (Wildman–Crippen LogP) is 4.03. The fourth-order valence-corrected chi connectivity index (χ4v) is 3.35. The van der Waals surface area contributed by atoms with Gasteiger partial charge in [-0.05, 0) is 44.0 Å². The van der Waals surface area contributed by atoms with E-state index in [-0.39, 0.29) is 30.3 Å². The van der Waals surface area contributed by atoms with Crippen molar-refractivity contribution in [2.45, 2.75) is 39.7 Å². The summed E-state index contributed by atoms with van der Waals surface area (Å²) in [6.07, 6.45) is 1.07. The van der Waals surface area contributed by atoms with Gasteiger partial charge in [-0.2, -0.15) is 0 Å². The zero-order chi connectivity index (χ0) is 19.4. The van der Waals surface area contributed by atoms with E-state index in [1.165, 1.54) is 0 Å². The lowest BCUT2D eigenvalue weighted by Crippen LogP contribution is -2.29. The molecule has 1 fully saturated rings. The number of benzene rings is 2. The molecule has 0 spiro atoms. The van der Waals surface area contributed by atoms with Crippen LogP contribution in [-0.2, 0) is 16.0 Å². The molecule has 0 radical (unpaired) electrons. The van der Waals surface area contributed by atoms with Gasteiger partial charge >= 0.3 is 0 Å². The standard InChI is InChI=1S/C22H26N2O3/c1-4-16-9-5-7-11-19(16)24-14-17(13-21(24)25)22(26)23-18-10-6-8-12-20(18)27-15(2)3/h5-12,15,17H,4,13-14H2,1-3H3,(H,23,26). The number of aryl methyl sites for hydroxylation is 1. The van der Waals surface area contributed by atoms with Crippen molar-refractivity contribution in [1.29, 1.82) is 0 Å². The first kappa shape index (κ1) is 19.0. The van der Waals surface area contributed by atoms with Crippen LogP contribution in [0.1, 0.15) is 32.8 Å². The first-order valence-electron chi connectivity index (χ1n) is 9.44. The second-order valence-electron chi connectivity index (χ2n) is 7.04. The number of amides is 2. The van der Waals surface area contributed by atoms with Crippen molar-refractivity contribution >= 4 is 23.2 Å². The van der Waals surface area contributed by atoms with Crippen LogP contribution >= 0.6 is 0 Å². The van der Waals surface area contributed by atoms with Crippen molar-refractivity contribution in [2.75, 3.05) is 16.8 Å². The monoisotopic (exact) mass is 366 g/mol. The highest BCUT2D eigenvalue weighted by Gasteiger charge is 2.36. The Bertz CT molecular complexity index is 832. The molecular formula is C22H26N2O3. The number of nitrogens with zero attached hydrogens (tertiary/aromatic N) is 1. The summed E-state index contributed by atoms with van der Waals surface area (Å²) in [5.41, 5.74) is 2.66. The Morgan fingerprint density at radius 3 is 2.63 bits per heavy atom. The molecular weight excluding hydrogens is 340 g/mol. The molecule has 1 N–H and O–H groups in total. The molecule has 0 saturated carbocycles. The summed E-state index contributed by atoms with van der Waals surface area (Å²) in [4.78, 5) is 27.1. The number of carbonyl (C=O) groups is 2. The van der Waals surface area contributed by atoms with E-state index < -0.39 is 0 Å². The summed E-state index contributed by atoms with van der Waals surface area (Å²) in [5, 5.41) is 2.94. The third-order valence-corrected chi connectivity index (χ3v) is 4.67. The van der Waals surface area contributed by atoms with Gasteiger partial charge in [-0.3, -0.25) is 9.59 Å². The maximum Gasteiger partial charge on any atom is 0.229 e. The number of anilines is 2. The van der Waals surface area contributed by atoms with Gasteiger partial charge in [0.2, 0.25) is 11.8 Å². The Morgan fingerprint density at radius 1 is 1.19 bits per heavy atom. The molecule has 5 heteroatoms. The molecule has 1 atom stereocenters. The van der Waals surface area contributed by atoms with Crippen LogP contribution in [0.2, 0.25) is 0 Å². The average Bonchev–Trinajstić information content (AvgIpc) is 3.04. The summed E-state index contributed by atoms with van der Waals surface area (Å²) in [6, 6.07) is 15.2. The van der Waals surface area contributed by atoms with E-state index in [2.05, 4.69) is 12.2 Å². The second-order valence-corrected chi connectivity index (χ2v) is 7.04. The number of para-hydroxylation sites is 3. The van der Waals surface area contributed by atoms with Crippen LogP contribution in [0.15, 0.2) is 48.5 Å². The van der Waals surface area contributed by atoms with Crippen molar-refractivity contribution in [3.8, 4) is 5.75 Å². The van der Waals surface area contributed by atoms with Crippen LogP contribution in [0.3, 0.4) is 0 Å². The van der Waals surface area contributed by atoms with Crippen molar-refractivity contribution < 1.29 is 14.3 Å². The van der Waals surface area contributed by atoms with Crippen LogP contribution in [0.25, 0.3) is 0 Å². The van der Waals surface area contributed by atoms with E-state index in [0.29, 0.717) is 18.0 Å². The van der Waals surface area contributed by atoms with E-state index in [1.54, 1.807) is 4.90 Å². The van der Waals surface area contributed by atoms with E-state index in [4.69, 9.17) is 4.74 Å². The molecule has 27 heavy (non-hydrogen) atoms. The van der Waals surface area contributed by atoms with Gasteiger partial charge in [-0.15, -0.1) is 0 Å². The zero-order valence-corrected chi connectivity index (χ0v) is 16.1. The van der Waals surface area contributed by atoms with Crippen molar-refractivity contribution in [3.05, 3.63) is 54.1 Å². The third-order valence-electron chi connectivity index (χ3n) is 4.67. The lowest BCUT2D eigenvalue weighted by molar-refractivity contribution is -0.122. The first-order chi connectivity index (χ1) is 13.0. The van der Waals surface area contributed by atoms with Crippen LogP contribution in [-0.4, -0.2) is 24.5 Å². The highest BCUT2D eigenvalue weighted by atomic mass is 16.5. The number of hydrogen-bond acceptors (Lipinski definition) is 3. The quantitative estimate of drug-likeness (QED) is 0.840. The summed E-state index contributed by atoms with van der Waals surface area (Å²) in [6.45, 7) is 6.35. The molecule has 0 aliphatic carbocycles. The second kappa shape index (κ2) is 8.25. The SMILES string of the molecule is CCc1ccccc1N1CC(C(=O)Nc2ccccc2OC(C)C)CC1=O. The molecule has 2 aromatic rings. The molecule has 1 heterocycles. The Kier molecular flexibility index (Phi) is 5.79.